The van der Waals surface area contributed by atoms with E-state index >= 15 is 0 Å². The van der Waals surface area contributed by atoms with Crippen molar-refractivity contribution in [2.75, 3.05) is 5.73 Å². The predicted octanol–water partition coefficient (Wildman–Crippen LogP) is 4.80. The summed E-state index contributed by atoms with van der Waals surface area (Å²) in [6.45, 7) is 5.66. The van der Waals surface area contributed by atoms with Crippen molar-refractivity contribution in [3.05, 3.63) is 65.9 Å². The van der Waals surface area contributed by atoms with Gasteiger partial charge < -0.3 is 21.8 Å². The minimum absolute atomic E-state index is 0.0840. The number of benzene rings is 2. The molecular weight excluding hydrogens is 464 g/mol. The van der Waals surface area contributed by atoms with Crippen molar-refractivity contribution in [1.82, 2.24) is 10.3 Å². The summed E-state index contributed by atoms with van der Waals surface area (Å²) in [6, 6.07) is 14.0. The third-order valence-corrected chi connectivity index (χ3v) is 7.06. The van der Waals surface area contributed by atoms with E-state index in [1.807, 2.05) is 37.4 Å². The van der Waals surface area contributed by atoms with E-state index in [1.54, 1.807) is 31.2 Å². The zero-order valence-corrected chi connectivity index (χ0v) is 22.1. The number of anilines is 1. The normalized spacial score (nSPS) is 14.6. The van der Waals surface area contributed by atoms with Gasteiger partial charge in [-0.25, -0.2) is 0 Å². The number of fused-ring (bicyclic) bond motifs is 1. The number of hydrogen-bond acceptors (Lipinski definition) is 5. The highest BCUT2D eigenvalue weighted by Gasteiger charge is 2.33. The Labute approximate surface area is 219 Å². The molecule has 0 spiro atoms. The predicted molar refractivity (Wildman–Crippen MR) is 149 cm³/mol. The van der Waals surface area contributed by atoms with E-state index in [4.69, 9.17) is 11.5 Å². The third-order valence-electron chi connectivity index (χ3n) is 7.06. The molecule has 0 aliphatic carbocycles. The number of aromatic amines is 1. The van der Waals surface area contributed by atoms with Crippen molar-refractivity contribution in [3.8, 4) is 0 Å². The summed E-state index contributed by atoms with van der Waals surface area (Å²) in [5.41, 5.74) is 15.3. The fourth-order valence-corrected chi connectivity index (χ4v) is 5.03. The number of nitrogen functional groups attached to an aromatic ring is 1. The Morgan fingerprint density at radius 1 is 1.00 bits per heavy atom. The number of carbonyl (C=O) groups excluding carboxylic acids is 3. The molecule has 7 nitrogen and oxygen atoms in total. The second kappa shape index (κ2) is 13.2. The van der Waals surface area contributed by atoms with E-state index in [1.165, 1.54) is 0 Å². The van der Waals surface area contributed by atoms with Gasteiger partial charge in [0.1, 0.15) is 0 Å². The number of ketones is 2. The summed E-state index contributed by atoms with van der Waals surface area (Å²) in [5, 5.41) is 3.97. The molecule has 0 aliphatic heterocycles. The van der Waals surface area contributed by atoms with Gasteiger partial charge in [0.15, 0.2) is 11.6 Å². The standard InChI is InChI=1S/C30H40N4O3/c1-4-10-22(31)16-20(15-19(3)29(36)24-12-6-8-13-25(24)32)30(37)27(34-28(35)5-2)17-21-18-33-26-14-9-7-11-23(21)26/h6-9,11-14,18-20,22,27,33H,4-5,10,15-17,31-32H2,1-3H3,(H,34,35). The largest absolute Gasteiger partial charge is 0.398 e. The molecule has 1 heterocycles. The molecule has 0 saturated heterocycles. The van der Waals surface area contributed by atoms with Crippen molar-refractivity contribution < 1.29 is 14.4 Å². The van der Waals surface area contributed by atoms with Gasteiger partial charge in [0.25, 0.3) is 0 Å². The van der Waals surface area contributed by atoms with Crippen molar-refractivity contribution in [2.45, 2.75) is 71.4 Å². The summed E-state index contributed by atoms with van der Waals surface area (Å²) in [5.74, 6) is -1.26. The topological polar surface area (TPSA) is 131 Å². The number of para-hydroxylation sites is 2. The lowest BCUT2D eigenvalue weighted by Crippen LogP contribution is -2.46. The highest BCUT2D eigenvalue weighted by molar-refractivity contribution is 6.02. The molecular formula is C30H40N4O3. The minimum Gasteiger partial charge on any atom is -0.398 e. The Bertz CT molecular complexity index is 1220. The van der Waals surface area contributed by atoms with Crippen LogP contribution in [0.5, 0.6) is 0 Å². The van der Waals surface area contributed by atoms with Crippen LogP contribution in [0, 0.1) is 11.8 Å². The van der Waals surface area contributed by atoms with Gasteiger partial charge in [-0.05, 0) is 43.0 Å². The van der Waals surface area contributed by atoms with Crippen LogP contribution in [0.3, 0.4) is 0 Å². The van der Waals surface area contributed by atoms with Crippen LogP contribution in [0.4, 0.5) is 5.69 Å². The van der Waals surface area contributed by atoms with Crippen LogP contribution < -0.4 is 16.8 Å². The summed E-state index contributed by atoms with van der Waals surface area (Å²) >= 11 is 0. The molecule has 37 heavy (non-hydrogen) atoms. The Hall–Kier alpha value is -3.45. The van der Waals surface area contributed by atoms with Crippen LogP contribution in [-0.2, 0) is 16.0 Å². The number of H-pyrrole nitrogens is 1. The van der Waals surface area contributed by atoms with Gasteiger partial charge in [-0.3, -0.25) is 14.4 Å². The van der Waals surface area contributed by atoms with Crippen molar-refractivity contribution in [3.63, 3.8) is 0 Å². The number of Topliss-reactive ketones (excluding diaryl/α,β-unsaturated/α-hetero) is 2. The van der Waals surface area contributed by atoms with Gasteiger partial charge in [0.05, 0.1) is 6.04 Å². The fraction of sp³-hybridized carbons (Fsp3) is 0.433. The average molecular weight is 505 g/mol. The first-order valence-corrected chi connectivity index (χ1v) is 13.3. The number of amides is 1. The van der Waals surface area contributed by atoms with E-state index < -0.39 is 17.9 Å². The summed E-state index contributed by atoms with van der Waals surface area (Å²) < 4.78 is 0. The molecule has 0 fully saturated rings. The van der Waals surface area contributed by atoms with Crippen LogP contribution in [-0.4, -0.2) is 34.5 Å². The smallest absolute Gasteiger partial charge is 0.220 e. The first-order valence-electron chi connectivity index (χ1n) is 13.3. The van der Waals surface area contributed by atoms with Gasteiger partial charge in [-0.1, -0.05) is 57.5 Å². The highest BCUT2D eigenvalue weighted by atomic mass is 16.2. The molecule has 1 aromatic heterocycles. The van der Waals surface area contributed by atoms with Crippen LogP contribution in [0.1, 0.15) is 68.8 Å². The molecule has 3 aromatic rings. The summed E-state index contributed by atoms with van der Waals surface area (Å²) in [6.07, 6.45) is 5.03. The van der Waals surface area contributed by atoms with E-state index in [9.17, 15) is 14.4 Å². The summed E-state index contributed by atoms with van der Waals surface area (Å²) in [7, 11) is 0. The molecule has 4 unspecified atom stereocenters. The maximum absolute atomic E-state index is 14.0. The minimum atomic E-state index is -0.713. The number of nitrogens with two attached hydrogens (primary N) is 2. The monoisotopic (exact) mass is 504 g/mol. The number of rotatable bonds is 14. The van der Waals surface area contributed by atoms with Crippen LogP contribution >= 0.6 is 0 Å². The lowest BCUT2D eigenvalue weighted by atomic mass is 9.80. The van der Waals surface area contributed by atoms with Gasteiger partial charge >= 0.3 is 0 Å². The van der Waals surface area contributed by atoms with E-state index in [0.29, 0.717) is 30.5 Å². The van der Waals surface area contributed by atoms with E-state index in [0.717, 1.165) is 29.3 Å². The average Bonchev–Trinajstić information content (AvgIpc) is 3.30. The maximum Gasteiger partial charge on any atom is 0.220 e. The quantitative estimate of drug-likeness (QED) is 0.185. The molecule has 1 amide bonds. The molecule has 0 radical (unpaired) electrons. The van der Waals surface area contributed by atoms with Gasteiger partial charge in [0.2, 0.25) is 5.91 Å². The van der Waals surface area contributed by atoms with Crippen LogP contribution in [0.2, 0.25) is 0 Å². The first-order chi connectivity index (χ1) is 17.7. The third kappa shape index (κ3) is 7.29. The molecule has 198 valence electrons. The first kappa shape index (κ1) is 28.1. The zero-order valence-electron chi connectivity index (χ0n) is 22.1. The molecule has 3 rings (SSSR count). The lowest BCUT2D eigenvalue weighted by molar-refractivity contribution is -0.130. The maximum atomic E-state index is 14.0. The molecule has 4 atom stereocenters. The molecule has 7 heteroatoms. The second-order valence-corrected chi connectivity index (χ2v) is 10.0. The van der Waals surface area contributed by atoms with E-state index in [2.05, 4.69) is 17.2 Å². The summed E-state index contributed by atoms with van der Waals surface area (Å²) in [4.78, 5) is 43.0. The highest BCUT2D eigenvalue weighted by Crippen LogP contribution is 2.27. The Morgan fingerprint density at radius 3 is 2.41 bits per heavy atom. The van der Waals surface area contributed by atoms with E-state index in [-0.39, 0.29) is 29.9 Å². The molecule has 0 bridgehead atoms. The molecule has 0 aliphatic rings. The van der Waals surface area contributed by atoms with Gasteiger partial charge in [0, 0.05) is 59.1 Å². The SMILES string of the molecule is CCCC(N)CC(CC(C)C(=O)c1ccccc1N)C(=O)C(Cc1c[nH]c2ccccc12)NC(=O)CC. The number of hydrogen-bond donors (Lipinski definition) is 4. The number of nitrogens with one attached hydrogen (secondary N) is 2. The Balaban J connectivity index is 1.88. The van der Waals surface area contributed by atoms with Crippen molar-refractivity contribution >= 4 is 34.1 Å². The van der Waals surface area contributed by atoms with Crippen LogP contribution in [0.25, 0.3) is 10.9 Å². The molecule has 6 N–H and O–H groups in total. The lowest BCUT2D eigenvalue weighted by Gasteiger charge is -2.27. The Kier molecular flexibility index (Phi) is 10.0. The fourth-order valence-electron chi connectivity index (χ4n) is 5.03. The molecule has 0 saturated carbocycles. The number of carbonyl (C=O) groups is 3. The van der Waals surface area contributed by atoms with Crippen molar-refractivity contribution in [2.24, 2.45) is 17.6 Å². The van der Waals surface area contributed by atoms with Gasteiger partial charge in [-0.15, -0.1) is 0 Å². The number of aromatic nitrogens is 1. The van der Waals surface area contributed by atoms with Crippen LogP contribution in [0.15, 0.2) is 54.7 Å². The van der Waals surface area contributed by atoms with Gasteiger partial charge in [-0.2, -0.15) is 0 Å². The second-order valence-electron chi connectivity index (χ2n) is 10.0. The zero-order chi connectivity index (χ0) is 26.9. The Morgan fingerprint density at radius 2 is 1.70 bits per heavy atom. The van der Waals surface area contributed by atoms with Crippen molar-refractivity contribution in [1.29, 1.82) is 0 Å². The molecule has 2 aromatic carbocycles.